The summed E-state index contributed by atoms with van der Waals surface area (Å²) in [5, 5.41) is 0. The van der Waals surface area contributed by atoms with Crippen molar-refractivity contribution in [3.8, 4) is 5.75 Å². The molecular weight excluding hydrogens is 284 g/mol. The molecule has 0 aromatic heterocycles. The van der Waals surface area contributed by atoms with Gasteiger partial charge in [-0.1, -0.05) is 6.07 Å². The monoisotopic (exact) mass is 297 g/mol. The summed E-state index contributed by atoms with van der Waals surface area (Å²) in [6, 6.07) is 7.91. The topological polar surface area (TPSA) is 52.3 Å². The molecule has 3 nitrogen and oxygen atoms in total. The maximum atomic E-state index is 13.5. The van der Waals surface area contributed by atoms with Crippen molar-refractivity contribution in [3.05, 3.63) is 53.6 Å². The molecule has 20 heavy (non-hydrogen) atoms. The average Bonchev–Trinajstić information content (AvgIpc) is 2.41. The van der Waals surface area contributed by atoms with Gasteiger partial charge in [0, 0.05) is 23.4 Å². The number of nitrogen functional groups attached to an aromatic ring is 1. The van der Waals surface area contributed by atoms with Crippen molar-refractivity contribution in [2.24, 2.45) is 0 Å². The average molecular weight is 297 g/mol. The number of ether oxygens (including phenoxy) is 1. The van der Waals surface area contributed by atoms with Gasteiger partial charge in [-0.2, -0.15) is 0 Å². The minimum atomic E-state index is -1.51. The van der Waals surface area contributed by atoms with Gasteiger partial charge >= 0.3 is 0 Å². The van der Waals surface area contributed by atoms with Crippen molar-refractivity contribution in [1.29, 1.82) is 0 Å². The third-order valence-corrected chi connectivity index (χ3v) is 4.14. The van der Waals surface area contributed by atoms with Crippen LogP contribution in [0.1, 0.15) is 5.56 Å². The minimum absolute atomic E-state index is 0.0631. The first-order chi connectivity index (χ1) is 9.51. The molecule has 6 heteroatoms. The molecule has 0 aliphatic carbocycles. The molecule has 1 atom stereocenters. The Hall–Kier alpha value is -1.95. The van der Waals surface area contributed by atoms with E-state index < -0.39 is 22.4 Å². The molecule has 0 aliphatic heterocycles. The first kappa shape index (κ1) is 14.5. The molecule has 2 N–H and O–H groups in total. The predicted molar refractivity (Wildman–Crippen MR) is 73.9 cm³/mol. The van der Waals surface area contributed by atoms with Crippen LogP contribution in [0.15, 0.2) is 41.3 Å². The number of nitrogens with two attached hydrogens (primary N) is 1. The first-order valence-electron chi connectivity index (χ1n) is 5.77. The number of hydrogen-bond acceptors (Lipinski definition) is 3. The zero-order valence-electron chi connectivity index (χ0n) is 10.7. The standard InChI is InChI=1S/C14H13F2NO2S/c1-19-13-7-11(17)4-5-14(13)20(18)8-9-2-3-10(15)6-12(9)16/h2-7H,8,17H2,1H3. The summed E-state index contributed by atoms with van der Waals surface area (Å²) in [6.45, 7) is 0. The molecular formula is C14H13F2NO2S. The van der Waals surface area contributed by atoms with E-state index in [0.29, 0.717) is 16.3 Å². The number of rotatable bonds is 4. The van der Waals surface area contributed by atoms with Gasteiger partial charge in [-0.3, -0.25) is 4.21 Å². The summed E-state index contributed by atoms with van der Waals surface area (Å²) in [4.78, 5) is 0.422. The molecule has 2 rings (SSSR count). The number of anilines is 1. The summed E-state index contributed by atoms with van der Waals surface area (Å²) in [5.41, 5.74) is 6.28. The highest BCUT2D eigenvalue weighted by molar-refractivity contribution is 7.84. The molecule has 0 spiro atoms. The van der Waals surface area contributed by atoms with Gasteiger partial charge in [-0.15, -0.1) is 0 Å². The zero-order valence-corrected chi connectivity index (χ0v) is 11.5. The highest BCUT2D eigenvalue weighted by atomic mass is 32.2. The summed E-state index contributed by atoms with van der Waals surface area (Å²) >= 11 is 0. The van der Waals surface area contributed by atoms with Gasteiger partial charge in [0.15, 0.2) is 0 Å². The van der Waals surface area contributed by atoms with Gasteiger partial charge in [-0.25, -0.2) is 8.78 Å². The van der Waals surface area contributed by atoms with E-state index in [-0.39, 0.29) is 11.3 Å². The van der Waals surface area contributed by atoms with Gasteiger partial charge in [0.25, 0.3) is 0 Å². The largest absolute Gasteiger partial charge is 0.495 e. The quantitative estimate of drug-likeness (QED) is 0.883. The van der Waals surface area contributed by atoms with Crippen molar-refractivity contribution in [2.45, 2.75) is 10.6 Å². The first-order valence-corrected chi connectivity index (χ1v) is 7.09. The van der Waals surface area contributed by atoms with E-state index in [4.69, 9.17) is 10.5 Å². The van der Waals surface area contributed by atoms with Crippen LogP contribution in [0.3, 0.4) is 0 Å². The Morgan fingerprint density at radius 2 is 1.95 bits per heavy atom. The fraction of sp³-hybridized carbons (Fsp3) is 0.143. The van der Waals surface area contributed by atoms with Gasteiger partial charge in [0.05, 0.1) is 28.6 Å². The van der Waals surface area contributed by atoms with Crippen molar-refractivity contribution in [2.75, 3.05) is 12.8 Å². The normalized spacial score (nSPS) is 12.2. The summed E-state index contributed by atoms with van der Waals surface area (Å²) < 4.78 is 43.7. The molecule has 0 saturated carbocycles. The van der Waals surface area contributed by atoms with Crippen molar-refractivity contribution >= 4 is 16.5 Å². The van der Waals surface area contributed by atoms with E-state index >= 15 is 0 Å². The van der Waals surface area contributed by atoms with Crippen LogP contribution in [0, 0.1) is 11.6 Å². The van der Waals surface area contributed by atoms with Crippen LogP contribution in [-0.2, 0) is 16.6 Å². The second-order valence-corrected chi connectivity index (χ2v) is 5.56. The van der Waals surface area contributed by atoms with Crippen LogP contribution in [0.4, 0.5) is 14.5 Å². The van der Waals surface area contributed by atoms with Crippen molar-refractivity contribution < 1.29 is 17.7 Å². The minimum Gasteiger partial charge on any atom is -0.495 e. The maximum absolute atomic E-state index is 13.5. The van der Waals surface area contributed by atoms with E-state index in [0.717, 1.165) is 12.1 Å². The van der Waals surface area contributed by atoms with Crippen LogP contribution in [0.25, 0.3) is 0 Å². The summed E-state index contributed by atoms with van der Waals surface area (Å²) in [5.74, 6) is -1.06. The molecule has 2 aromatic rings. The molecule has 0 saturated heterocycles. The second-order valence-electron chi connectivity index (χ2n) is 4.14. The Bertz CT molecular complexity index is 662. The van der Waals surface area contributed by atoms with E-state index in [9.17, 15) is 13.0 Å². The lowest BCUT2D eigenvalue weighted by atomic mass is 10.2. The third kappa shape index (κ3) is 3.14. The Balaban J connectivity index is 2.28. The van der Waals surface area contributed by atoms with Crippen LogP contribution < -0.4 is 10.5 Å². The lowest BCUT2D eigenvalue weighted by molar-refractivity contribution is 0.404. The predicted octanol–water partition coefficient (Wildman–Crippen LogP) is 2.86. The Kier molecular flexibility index (Phi) is 4.34. The highest BCUT2D eigenvalue weighted by Gasteiger charge is 2.14. The fourth-order valence-electron chi connectivity index (χ4n) is 1.73. The lowest BCUT2D eigenvalue weighted by Crippen LogP contribution is -2.02. The highest BCUT2D eigenvalue weighted by Crippen LogP contribution is 2.26. The fourth-order valence-corrected chi connectivity index (χ4v) is 2.99. The van der Waals surface area contributed by atoms with Crippen LogP contribution >= 0.6 is 0 Å². The summed E-state index contributed by atoms with van der Waals surface area (Å²) in [6.07, 6.45) is 0. The van der Waals surface area contributed by atoms with Gasteiger partial charge in [0.2, 0.25) is 0 Å². The van der Waals surface area contributed by atoms with Gasteiger partial charge in [0.1, 0.15) is 17.4 Å². The Morgan fingerprint density at radius 1 is 1.20 bits per heavy atom. The number of benzene rings is 2. The number of methoxy groups -OCH3 is 1. The second kappa shape index (κ2) is 6.00. The Labute approximate surface area is 117 Å². The summed E-state index contributed by atoms with van der Waals surface area (Å²) in [7, 11) is -0.0755. The smallest absolute Gasteiger partial charge is 0.137 e. The molecule has 1 unspecified atom stereocenters. The van der Waals surface area contributed by atoms with E-state index in [2.05, 4.69) is 0 Å². The van der Waals surface area contributed by atoms with Crippen LogP contribution in [0.2, 0.25) is 0 Å². The third-order valence-electron chi connectivity index (χ3n) is 2.73. The van der Waals surface area contributed by atoms with E-state index in [1.807, 2.05) is 0 Å². The number of hydrogen-bond donors (Lipinski definition) is 1. The van der Waals surface area contributed by atoms with Gasteiger partial charge < -0.3 is 10.5 Å². The molecule has 2 aromatic carbocycles. The molecule has 0 heterocycles. The van der Waals surface area contributed by atoms with Crippen molar-refractivity contribution in [3.63, 3.8) is 0 Å². The molecule has 0 radical (unpaired) electrons. The van der Waals surface area contributed by atoms with Crippen molar-refractivity contribution in [1.82, 2.24) is 0 Å². The Morgan fingerprint density at radius 3 is 2.60 bits per heavy atom. The van der Waals surface area contributed by atoms with Crippen LogP contribution in [0.5, 0.6) is 5.75 Å². The van der Waals surface area contributed by atoms with E-state index in [1.165, 1.54) is 13.2 Å². The van der Waals surface area contributed by atoms with Gasteiger partial charge in [-0.05, 0) is 18.2 Å². The molecule has 106 valence electrons. The SMILES string of the molecule is COc1cc(N)ccc1S(=O)Cc1ccc(F)cc1F. The number of halogens is 2. The lowest BCUT2D eigenvalue weighted by Gasteiger charge is -2.09. The molecule has 0 bridgehead atoms. The van der Waals surface area contributed by atoms with Crippen LogP contribution in [-0.4, -0.2) is 11.3 Å². The van der Waals surface area contributed by atoms with E-state index in [1.54, 1.807) is 18.2 Å². The molecule has 0 aliphatic rings. The molecule has 0 amide bonds. The zero-order chi connectivity index (χ0) is 14.7. The molecule has 0 fully saturated rings. The maximum Gasteiger partial charge on any atom is 0.137 e.